The molecule has 0 N–H and O–H groups in total. The normalized spacial score (nSPS) is 12.7. The maximum Gasteiger partial charge on any atom is 0.324 e. The molecule has 0 heterocycles. The standard InChI is InChI=1S/C13H19NO6/c1-4-18-11(15)7-9(12(16)19-5-2)10(8-14)13(17)20-6-3/h9-10H,4-7H2,1-3H3/t9-,10+/m1/s1. The van der Waals surface area contributed by atoms with E-state index in [0.29, 0.717) is 0 Å². The van der Waals surface area contributed by atoms with E-state index in [1.165, 1.54) is 0 Å². The Bertz CT molecular complexity index is 387. The lowest BCUT2D eigenvalue weighted by Gasteiger charge is -2.18. The summed E-state index contributed by atoms with van der Waals surface area (Å²) in [5, 5.41) is 9.04. The second-order valence-corrected chi connectivity index (χ2v) is 3.73. The highest BCUT2D eigenvalue weighted by atomic mass is 16.5. The summed E-state index contributed by atoms with van der Waals surface area (Å²) < 4.78 is 14.2. The van der Waals surface area contributed by atoms with Crippen LogP contribution in [0.2, 0.25) is 0 Å². The lowest BCUT2D eigenvalue weighted by Crippen LogP contribution is -2.34. The van der Waals surface area contributed by atoms with Crippen LogP contribution in [0.15, 0.2) is 0 Å². The van der Waals surface area contributed by atoms with Crippen molar-refractivity contribution in [2.24, 2.45) is 11.8 Å². The molecule has 0 saturated heterocycles. The maximum atomic E-state index is 11.8. The minimum atomic E-state index is -1.39. The molecule has 0 aliphatic carbocycles. The van der Waals surface area contributed by atoms with Crippen molar-refractivity contribution in [2.45, 2.75) is 27.2 Å². The number of hydrogen-bond acceptors (Lipinski definition) is 7. The van der Waals surface area contributed by atoms with Crippen molar-refractivity contribution >= 4 is 17.9 Å². The molecular weight excluding hydrogens is 266 g/mol. The van der Waals surface area contributed by atoms with Crippen molar-refractivity contribution < 1.29 is 28.6 Å². The summed E-state index contributed by atoms with van der Waals surface area (Å²) in [6.45, 7) is 5.09. The van der Waals surface area contributed by atoms with Crippen LogP contribution in [0.1, 0.15) is 27.2 Å². The average molecular weight is 285 g/mol. The van der Waals surface area contributed by atoms with E-state index in [4.69, 9.17) is 19.5 Å². The number of nitrogens with zero attached hydrogens (tertiary/aromatic N) is 1. The highest BCUT2D eigenvalue weighted by Crippen LogP contribution is 2.20. The summed E-state index contributed by atoms with van der Waals surface area (Å²) in [5.41, 5.74) is 0. The molecule has 0 rings (SSSR count). The SMILES string of the molecule is CCOC(=O)C[C@@H](C(=O)OCC)[C@H](C#N)C(=O)OCC. The maximum absolute atomic E-state index is 11.8. The number of hydrogen-bond donors (Lipinski definition) is 0. The molecule has 0 fully saturated rings. The Morgan fingerprint density at radius 3 is 1.90 bits per heavy atom. The summed E-state index contributed by atoms with van der Waals surface area (Å²) in [7, 11) is 0. The van der Waals surface area contributed by atoms with Gasteiger partial charge in [-0.05, 0) is 20.8 Å². The van der Waals surface area contributed by atoms with Crippen LogP contribution in [0.5, 0.6) is 0 Å². The Balaban J connectivity index is 5.07. The number of rotatable bonds is 8. The summed E-state index contributed by atoms with van der Waals surface area (Å²) >= 11 is 0. The third-order valence-corrected chi connectivity index (χ3v) is 2.36. The van der Waals surface area contributed by atoms with Crippen LogP contribution in [-0.2, 0) is 28.6 Å². The zero-order chi connectivity index (χ0) is 15.5. The third kappa shape index (κ3) is 5.69. The molecule has 112 valence electrons. The Morgan fingerprint density at radius 2 is 1.45 bits per heavy atom. The zero-order valence-corrected chi connectivity index (χ0v) is 11.9. The molecule has 0 saturated carbocycles. The van der Waals surface area contributed by atoms with E-state index in [2.05, 4.69) is 0 Å². The summed E-state index contributed by atoms with van der Waals surface area (Å²) in [4.78, 5) is 34.9. The molecule has 0 aliphatic heterocycles. The van der Waals surface area contributed by atoms with E-state index in [-0.39, 0.29) is 19.8 Å². The molecule has 0 spiro atoms. The fraction of sp³-hybridized carbons (Fsp3) is 0.692. The first kappa shape index (κ1) is 17.9. The van der Waals surface area contributed by atoms with E-state index in [1.54, 1.807) is 26.8 Å². The molecule has 2 atom stereocenters. The first-order valence-corrected chi connectivity index (χ1v) is 6.40. The fourth-order valence-electron chi connectivity index (χ4n) is 1.53. The molecule has 7 nitrogen and oxygen atoms in total. The van der Waals surface area contributed by atoms with Crippen LogP contribution < -0.4 is 0 Å². The van der Waals surface area contributed by atoms with Gasteiger partial charge in [0.05, 0.1) is 38.2 Å². The second-order valence-electron chi connectivity index (χ2n) is 3.73. The van der Waals surface area contributed by atoms with Gasteiger partial charge in [-0.15, -0.1) is 0 Å². The Hall–Kier alpha value is -2.10. The average Bonchev–Trinajstić information content (AvgIpc) is 2.39. The molecule has 7 heteroatoms. The quantitative estimate of drug-likeness (QED) is 0.480. The Kier molecular flexibility index (Phi) is 8.75. The van der Waals surface area contributed by atoms with Crippen LogP contribution in [0.4, 0.5) is 0 Å². The molecule has 20 heavy (non-hydrogen) atoms. The largest absolute Gasteiger partial charge is 0.466 e. The van der Waals surface area contributed by atoms with Crippen molar-refractivity contribution in [1.29, 1.82) is 5.26 Å². The van der Waals surface area contributed by atoms with E-state index in [1.807, 2.05) is 0 Å². The molecule has 0 bridgehead atoms. The van der Waals surface area contributed by atoms with Gasteiger partial charge < -0.3 is 14.2 Å². The summed E-state index contributed by atoms with van der Waals surface area (Å²) in [6, 6.07) is 1.69. The van der Waals surface area contributed by atoms with Crippen molar-refractivity contribution in [3.05, 3.63) is 0 Å². The smallest absolute Gasteiger partial charge is 0.324 e. The number of ether oxygens (including phenoxy) is 3. The molecule has 0 aromatic heterocycles. The predicted molar refractivity (Wildman–Crippen MR) is 67.1 cm³/mol. The van der Waals surface area contributed by atoms with Crippen LogP contribution in [-0.4, -0.2) is 37.7 Å². The van der Waals surface area contributed by atoms with Crippen molar-refractivity contribution in [1.82, 2.24) is 0 Å². The third-order valence-electron chi connectivity index (χ3n) is 2.36. The molecule has 0 aromatic rings. The zero-order valence-electron chi connectivity index (χ0n) is 11.9. The Morgan fingerprint density at radius 1 is 0.950 bits per heavy atom. The van der Waals surface area contributed by atoms with Gasteiger partial charge >= 0.3 is 17.9 Å². The van der Waals surface area contributed by atoms with Gasteiger partial charge in [-0.3, -0.25) is 14.4 Å². The summed E-state index contributed by atoms with van der Waals surface area (Å²) in [5.74, 6) is -4.93. The highest BCUT2D eigenvalue weighted by molar-refractivity contribution is 5.87. The number of carbonyl (C=O) groups is 3. The minimum Gasteiger partial charge on any atom is -0.466 e. The van der Waals surface area contributed by atoms with Gasteiger partial charge in [0.15, 0.2) is 5.92 Å². The Labute approximate surface area is 117 Å². The van der Waals surface area contributed by atoms with Gasteiger partial charge in [0.1, 0.15) is 0 Å². The number of esters is 3. The second kappa shape index (κ2) is 9.78. The van der Waals surface area contributed by atoms with Gasteiger partial charge in [0.2, 0.25) is 0 Å². The van der Waals surface area contributed by atoms with E-state index >= 15 is 0 Å². The van der Waals surface area contributed by atoms with Crippen LogP contribution in [0.25, 0.3) is 0 Å². The number of nitriles is 1. The first-order valence-electron chi connectivity index (χ1n) is 6.40. The molecule has 0 amide bonds. The molecular formula is C13H19NO6. The minimum absolute atomic E-state index is 0.0754. The van der Waals surface area contributed by atoms with Crippen molar-refractivity contribution in [3.63, 3.8) is 0 Å². The van der Waals surface area contributed by atoms with Gasteiger partial charge in [-0.2, -0.15) is 5.26 Å². The van der Waals surface area contributed by atoms with Gasteiger partial charge in [-0.25, -0.2) is 0 Å². The van der Waals surface area contributed by atoms with Gasteiger partial charge in [0.25, 0.3) is 0 Å². The first-order chi connectivity index (χ1) is 9.51. The van der Waals surface area contributed by atoms with Crippen LogP contribution in [0, 0.1) is 23.2 Å². The van der Waals surface area contributed by atoms with E-state index < -0.39 is 36.2 Å². The van der Waals surface area contributed by atoms with Gasteiger partial charge in [-0.1, -0.05) is 0 Å². The van der Waals surface area contributed by atoms with Crippen LogP contribution in [0.3, 0.4) is 0 Å². The van der Waals surface area contributed by atoms with Crippen molar-refractivity contribution in [2.75, 3.05) is 19.8 Å². The number of carbonyl (C=O) groups excluding carboxylic acids is 3. The predicted octanol–water partition coefficient (Wildman–Crippen LogP) is 0.822. The van der Waals surface area contributed by atoms with Crippen LogP contribution >= 0.6 is 0 Å². The monoisotopic (exact) mass is 285 g/mol. The van der Waals surface area contributed by atoms with E-state index in [9.17, 15) is 14.4 Å². The molecule has 0 radical (unpaired) electrons. The lowest BCUT2D eigenvalue weighted by atomic mass is 9.90. The van der Waals surface area contributed by atoms with Crippen molar-refractivity contribution in [3.8, 4) is 6.07 Å². The summed E-state index contributed by atoms with van der Waals surface area (Å²) in [6.07, 6.45) is -0.399. The molecule has 0 aliphatic rings. The topological polar surface area (TPSA) is 103 Å². The van der Waals surface area contributed by atoms with E-state index in [0.717, 1.165) is 0 Å². The molecule has 0 aromatic carbocycles. The fourth-order valence-corrected chi connectivity index (χ4v) is 1.53. The lowest BCUT2D eigenvalue weighted by molar-refractivity contribution is -0.161. The van der Waals surface area contributed by atoms with Gasteiger partial charge in [0, 0.05) is 0 Å². The molecule has 0 unspecified atom stereocenters. The highest BCUT2D eigenvalue weighted by Gasteiger charge is 2.38.